The lowest BCUT2D eigenvalue weighted by atomic mass is 9.81. The molecule has 0 spiro atoms. The van der Waals surface area contributed by atoms with E-state index in [-0.39, 0.29) is 11.9 Å². The molecule has 30 heavy (non-hydrogen) atoms. The summed E-state index contributed by atoms with van der Waals surface area (Å²) < 4.78 is 1.15. The lowest BCUT2D eigenvalue weighted by molar-refractivity contribution is 0.0177. The molecule has 2 fully saturated rings. The highest BCUT2D eigenvalue weighted by Crippen LogP contribution is 2.37. The number of fused-ring (bicyclic) bond motifs is 3. The molecule has 1 aromatic heterocycles. The smallest absolute Gasteiger partial charge is 0.251 e. The van der Waals surface area contributed by atoms with Crippen molar-refractivity contribution in [3.63, 3.8) is 0 Å². The molecule has 7 heteroatoms. The van der Waals surface area contributed by atoms with Gasteiger partial charge < -0.3 is 5.32 Å². The van der Waals surface area contributed by atoms with Gasteiger partial charge in [-0.1, -0.05) is 35.7 Å². The van der Waals surface area contributed by atoms with Crippen LogP contribution in [-0.4, -0.2) is 33.9 Å². The average molecular weight is 460 g/mol. The lowest BCUT2D eigenvalue weighted by Crippen LogP contribution is -2.56. The van der Waals surface area contributed by atoms with Gasteiger partial charge in [0, 0.05) is 28.7 Å². The van der Waals surface area contributed by atoms with Crippen molar-refractivity contribution in [1.82, 2.24) is 15.2 Å². The molecular formula is C23H23Cl2N3OS. The van der Waals surface area contributed by atoms with Gasteiger partial charge in [0.25, 0.3) is 5.91 Å². The minimum absolute atomic E-state index is 0.0102. The molecule has 2 aliphatic heterocycles. The van der Waals surface area contributed by atoms with Gasteiger partial charge in [0.1, 0.15) is 10.5 Å². The van der Waals surface area contributed by atoms with Gasteiger partial charge in [-0.15, -0.1) is 11.3 Å². The van der Waals surface area contributed by atoms with E-state index in [1.54, 1.807) is 35.6 Å². The Labute approximate surface area is 190 Å². The molecule has 0 saturated carbocycles. The zero-order valence-electron chi connectivity index (χ0n) is 16.5. The van der Waals surface area contributed by atoms with Gasteiger partial charge in [0.15, 0.2) is 0 Å². The first-order valence-electron chi connectivity index (χ1n) is 10.4. The number of nitrogens with zero attached hydrogens (tertiary/aromatic N) is 2. The number of aromatic nitrogens is 1. The van der Waals surface area contributed by atoms with Crippen LogP contribution in [0.25, 0.3) is 10.2 Å². The number of piperidine rings is 2. The molecule has 3 heterocycles. The third kappa shape index (κ3) is 4.09. The summed E-state index contributed by atoms with van der Waals surface area (Å²) in [6, 6.07) is 14.2. The summed E-state index contributed by atoms with van der Waals surface area (Å²) in [5.41, 5.74) is 1.58. The van der Waals surface area contributed by atoms with E-state index in [1.165, 1.54) is 19.3 Å². The van der Waals surface area contributed by atoms with Gasteiger partial charge in [-0.25, -0.2) is 4.98 Å². The molecule has 2 saturated heterocycles. The summed E-state index contributed by atoms with van der Waals surface area (Å²) in [4.78, 5) is 20.1. The van der Waals surface area contributed by atoms with Crippen molar-refractivity contribution < 1.29 is 4.79 Å². The van der Waals surface area contributed by atoms with Crippen LogP contribution in [0.2, 0.25) is 10.0 Å². The Kier molecular flexibility index (Phi) is 5.71. The van der Waals surface area contributed by atoms with Gasteiger partial charge >= 0.3 is 0 Å². The minimum Gasteiger partial charge on any atom is -0.349 e. The fourth-order valence-electron chi connectivity index (χ4n) is 4.91. The maximum absolute atomic E-state index is 12.7. The summed E-state index contributed by atoms with van der Waals surface area (Å²) in [6.07, 6.45) is 5.59. The van der Waals surface area contributed by atoms with Crippen LogP contribution in [-0.2, 0) is 6.54 Å². The highest BCUT2D eigenvalue weighted by atomic mass is 35.5. The monoisotopic (exact) mass is 459 g/mol. The second-order valence-electron chi connectivity index (χ2n) is 8.25. The van der Waals surface area contributed by atoms with Crippen molar-refractivity contribution >= 4 is 50.7 Å². The van der Waals surface area contributed by atoms with E-state index in [1.807, 2.05) is 12.1 Å². The van der Waals surface area contributed by atoms with Crippen LogP contribution in [0.15, 0.2) is 42.5 Å². The summed E-state index contributed by atoms with van der Waals surface area (Å²) in [6.45, 7) is 0.864. The Hall–Kier alpha value is -1.66. The van der Waals surface area contributed by atoms with E-state index < -0.39 is 0 Å². The zero-order valence-corrected chi connectivity index (χ0v) is 18.8. The number of hydrogen-bond acceptors (Lipinski definition) is 4. The van der Waals surface area contributed by atoms with Crippen LogP contribution in [0, 0.1) is 0 Å². The Morgan fingerprint density at radius 3 is 2.53 bits per heavy atom. The number of amides is 1. The molecule has 156 valence electrons. The molecule has 2 aliphatic rings. The quantitative estimate of drug-likeness (QED) is 0.526. The normalized spacial score (nSPS) is 24.1. The summed E-state index contributed by atoms with van der Waals surface area (Å²) >= 11 is 14.0. The van der Waals surface area contributed by atoms with E-state index in [0.717, 1.165) is 39.6 Å². The standard InChI is InChI=1S/C23H23Cl2N3OS/c24-15-9-7-14(8-10-15)23(29)26-16-11-17-3-1-4-18(12-16)28(17)13-21-27-22-19(25)5-2-6-20(22)30-21/h2,5-10,16-18H,1,3-4,11-13H2,(H,26,29). The van der Waals surface area contributed by atoms with E-state index in [2.05, 4.69) is 16.3 Å². The Bertz CT molecular complexity index is 1050. The van der Waals surface area contributed by atoms with Gasteiger partial charge in [0.2, 0.25) is 0 Å². The number of rotatable bonds is 4. The highest BCUT2D eigenvalue weighted by molar-refractivity contribution is 7.18. The molecule has 0 radical (unpaired) electrons. The number of nitrogens with one attached hydrogen (secondary N) is 1. The molecule has 5 rings (SSSR count). The van der Waals surface area contributed by atoms with Crippen LogP contribution in [0.4, 0.5) is 0 Å². The van der Waals surface area contributed by atoms with Crippen LogP contribution in [0.3, 0.4) is 0 Å². The number of para-hydroxylation sites is 1. The Balaban J connectivity index is 1.28. The Morgan fingerprint density at radius 1 is 1.10 bits per heavy atom. The summed E-state index contributed by atoms with van der Waals surface area (Å²) in [5.74, 6) is -0.0102. The molecule has 4 nitrogen and oxygen atoms in total. The van der Waals surface area contributed by atoms with Crippen molar-refractivity contribution in [2.75, 3.05) is 0 Å². The highest BCUT2D eigenvalue weighted by Gasteiger charge is 2.39. The van der Waals surface area contributed by atoms with Crippen molar-refractivity contribution in [3.8, 4) is 0 Å². The lowest BCUT2D eigenvalue weighted by Gasteiger charge is -2.48. The predicted octanol–water partition coefficient (Wildman–Crippen LogP) is 5.92. The van der Waals surface area contributed by atoms with E-state index in [0.29, 0.717) is 22.7 Å². The third-order valence-electron chi connectivity index (χ3n) is 6.30. The van der Waals surface area contributed by atoms with Crippen molar-refractivity contribution in [2.45, 2.75) is 56.8 Å². The number of hydrogen-bond donors (Lipinski definition) is 1. The molecule has 2 atom stereocenters. The van der Waals surface area contributed by atoms with Gasteiger partial charge in [0.05, 0.1) is 16.3 Å². The topological polar surface area (TPSA) is 45.2 Å². The van der Waals surface area contributed by atoms with Gasteiger partial charge in [-0.05, 0) is 62.1 Å². The van der Waals surface area contributed by atoms with Crippen LogP contribution < -0.4 is 5.32 Å². The second-order valence-corrected chi connectivity index (χ2v) is 10.2. The largest absolute Gasteiger partial charge is 0.349 e. The number of carbonyl (C=O) groups is 1. The van der Waals surface area contributed by atoms with Crippen LogP contribution in [0.5, 0.6) is 0 Å². The summed E-state index contributed by atoms with van der Waals surface area (Å²) in [7, 11) is 0. The van der Waals surface area contributed by atoms with E-state index in [9.17, 15) is 4.79 Å². The molecule has 0 aliphatic carbocycles. The first-order chi connectivity index (χ1) is 14.6. The SMILES string of the molecule is O=C(NC1CC2CCCC(C1)N2Cc1nc2c(Cl)cccc2s1)c1ccc(Cl)cc1. The number of thiazole rings is 1. The molecule has 3 aromatic rings. The van der Waals surface area contributed by atoms with Crippen LogP contribution in [0.1, 0.15) is 47.5 Å². The molecule has 2 bridgehead atoms. The average Bonchev–Trinajstić information content (AvgIpc) is 3.13. The van der Waals surface area contributed by atoms with E-state index in [4.69, 9.17) is 28.2 Å². The zero-order chi connectivity index (χ0) is 20.7. The van der Waals surface area contributed by atoms with E-state index >= 15 is 0 Å². The van der Waals surface area contributed by atoms with Crippen molar-refractivity contribution in [2.24, 2.45) is 0 Å². The molecule has 2 unspecified atom stereocenters. The maximum atomic E-state index is 12.7. The van der Waals surface area contributed by atoms with Crippen molar-refractivity contribution in [1.29, 1.82) is 0 Å². The maximum Gasteiger partial charge on any atom is 0.251 e. The summed E-state index contributed by atoms with van der Waals surface area (Å²) in [5, 5.41) is 5.75. The molecule has 2 aromatic carbocycles. The van der Waals surface area contributed by atoms with Gasteiger partial charge in [-0.3, -0.25) is 9.69 Å². The number of benzene rings is 2. The molecule has 1 N–H and O–H groups in total. The predicted molar refractivity (Wildman–Crippen MR) is 124 cm³/mol. The Morgan fingerprint density at radius 2 is 1.83 bits per heavy atom. The third-order valence-corrected chi connectivity index (χ3v) is 7.86. The van der Waals surface area contributed by atoms with Crippen molar-refractivity contribution in [3.05, 3.63) is 63.1 Å². The van der Waals surface area contributed by atoms with Gasteiger partial charge in [-0.2, -0.15) is 0 Å². The fourth-order valence-corrected chi connectivity index (χ4v) is 6.31. The second kappa shape index (κ2) is 8.46. The minimum atomic E-state index is -0.0102. The van der Waals surface area contributed by atoms with Crippen LogP contribution >= 0.6 is 34.5 Å². The molecule has 1 amide bonds. The molecular weight excluding hydrogens is 437 g/mol. The fraction of sp³-hybridized carbons (Fsp3) is 0.391. The number of carbonyl (C=O) groups excluding carboxylic acids is 1. The first-order valence-corrected chi connectivity index (χ1v) is 12.0. The first kappa shape index (κ1) is 20.3. The number of halogens is 2.